The summed E-state index contributed by atoms with van der Waals surface area (Å²) in [5.74, 6) is 4.05. The number of halogens is 2. The summed E-state index contributed by atoms with van der Waals surface area (Å²) in [5.41, 5.74) is 2.08. The van der Waals surface area contributed by atoms with Crippen LogP contribution in [0, 0.1) is 9.39 Å². The van der Waals surface area contributed by atoms with Crippen LogP contribution in [0.1, 0.15) is 10.4 Å². The van der Waals surface area contributed by atoms with Gasteiger partial charge in [0.2, 0.25) is 5.56 Å². The van der Waals surface area contributed by atoms with Gasteiger partial charge in [0.05, 0.1) is 16.9 Å². The van der Waals surface area contributed by atoms with E-state index in [1.807, 2.05) is 28.0 Å². The highest BCUT2D eigenvalue weighted by molar-refractivity contribution is 14.1. The van der Waals surface area contributed by atoms with E-state index < -0.39 is 11.7 Å². The summed E-state index contributed by atoms with van der Waals surface area (Å²) in [6.45, 7) is 0. The first kappa shape index (κ1) is 21.3. The number of rotatable bonds is 3. The second kappa shape index (κ2) is 9.80. The number of nitrogens with two attached hydrogens (primary N) is 1. The number of hydrogen-bond acceptors (Lipinski definition) is 5. The Morgan fingerprint density at radius 2 is 1.93 bits per heavy atom. The number of anilines is 2. The summed E-state index contributed by atoms with van der Waals surface area (Å²) in [7, 11) is 1.50. The van der Waals surface area contributed by atoms with Crippen LogP contribution in [-0.2, 0) is 7.05 Å². The van der Waals surface area contributed by atoms with Crippen molar-refractivity contribution in [3.05, 3.63) is 90.5 Å². The van der Waals surface area contributed by atoms with Gasteiger partial charge in [-0.25, -0.2) is 10.2 Å². The van der Waals surface area contributed by atoms with E-state index in [0.717, 1.165) is 3.57 Å². The fourth-order valence-corrected chi connectivity index (χ4v) is 2.56. The van der Waals surface area contributed by atoms with Crippen molar-refractivity contribution < 1.29 is 9.18 Å². The van der Waals surface area contributed by atoms with Crippen LogP contribution in [-0.4, -0.2) is 15.5 Å². The third kappa shape index (κ3) is 5.76. The maximum atomic E-state index is 13.9. The van der Waals surface area contributed by atoms with E-state index in [9.17, 15) is 18.8 Å². The van der Waals surface area contributed by atoms with Crippen molar-refractivity contribution in [1.29, 1.82) is 0 Å². The summed E-state index contributed by atoms with van der Waals surface area (Å²) in [6, 6.07) is 10.7. The second-order valence-corrected chi connectivity index (χ2v) is 6.75. The Morgan fingerprint density at radius 1 is 1.18 bits per heavy atom. The van der Waals surface area contributed by atoms with Crippen LogP contribution in [0.25, 0.3) is 0 Å². The molecule has 3 aromatic rings. The van der Waals surface area contributed by atoms with E-state index in [2.05, 4.69) is 10.3 Å². The molecule has 0 bridgehead atoms. The van der Waals surface area contributed by atoms with Crippen molar-refractivity contribution in [2.45, 2.75) is 0 Å². The molecule has 0 unspecified atom stereocenters. The van der Waals surface area contributed by atoms with E-state index in [1.165, 1.54) is 42.1 Å². The van der Waals surface area contributed by atoms with Crippen molar-refractivity contribution in [3.8, 4) is 0 Å². The molecule has 10 heteroatoms. The Balaban J connectivity index is 0.000000336. The largest absolute Gasteiger partial charge is 0.352 e. The first-order valence-electron chi connectivity index (χ1n) is 7.89. The number of nitrogen functional groups attached to an aromatic ring is 1. The van der Waals surface area contributed by atoms with Crippen molar-refractivity contribution in [2.24, 2.45) is 12.9 Å². The third-order valence-electron chi connectivity index (χ3n) is 3.49. The SMILES string of the molecule is Cn1cc(C(=O)NN)c(Nc2ccc(I)cc2F)cc1=O.O=c1cccc[nH]1. The van der Waals surface area contributed by atoms with Crippen LogP contribution in [0.4, 0.5) is 15.8 Å². The minimum absolute atomic E-state index is 0.0532. The zero-order chi connectivity index (χ0) is 20.7. The van der Waals surface area contributed by atoms with Gasteiger partial charge in [0.15, 0.2) is 0 Å². The molecule has 5 N–H and O–H groups in total. The molecular formula is C18H17FIN5O3. The monoisotopic (exact) mass is 497 g/mol. The number of aromatic nitrogens is 2. The highest BCUT2D eigenvalue weighted by atomic mass is 127. The number of carbonyl (C=O) groups is 1. The molecule has 0 aliphatic carbocycles. The molecule has 8 nitrogen and oxygen atoms in total. The minimum Gasteiger partial charge on any atom is -0.352 e. The Bertz CT molecular complexity index is 1080. The van der Waals surface area contributed by atoms with Gasteiger partial charge in [0.25, 0.3) is 11.5 Å². The zero-order valence-corrected chi connectivity index (χ0v) is 16.9. The Hall–Kier alpha value is -2.99. The van der Waals surface area contributed by atoms with Crippen molar-refractivity contribution in [1.82, 2.24) is 15.0 Å². The lowest BCUT2D eigenvalue weighted by Gasteiger charge is -2.13. The van der Waals surface area contributed by atoms with Gasteiger partial charge in [-0.3, -0.25) is 19.8 Å². The summed E-state index contributed by atoms with van der Waals surface area (Å²) >= 11 is 1.98. The Morgan fingerprint density at radius 3 is 2.46 bits per heavy atom. The normalized spacial score (nSPS) is 9.86. The fraction of sp³-hybridized carbons (Fsp3) is 0.0556. The number of aromatic amines is 1. The standard InChI is InChI=1S/C13H12FIN4O2.C5H5NO/c1-19-6-8(13(21)18-16)11(5-12(19)20)17-10-3-2-7(15)4-9(10)14;7-5-3-1-2-4-6-5/h2-6,17H,16H2,1H3,(H,18,21);1-4H,(H,6,7). The lowest BCUT2D eigenvalue weighted by molar-refractivity contribution is 0.0953. The quantitative estimate of drug-likeness (QED) is 0.191. The highest BCUT2D eigenvalue weighted by Gasteiger charge is 2.14. The van der Waals surface area contributed by atoms with Gasteiger partial charge in [-0.2, -0.15) is 0 Å². The molecule has 0 radical (unpaired) electrons. The first-order chi connectivity index (χ1) is 13.3. The van der Waals surface area contributed by atoms with Crippen LogP contribution in [0.3, 0.4) is 0 Å². The lowest BCUT2D eigenvalue weighted by Crippen LogP contribution is -2.32. The van der Waals surface area contributed by atoms with Gasteiger partial charge in [0.1, 0.15) is 5.82 Å². The molecular weight excluding hydrogens is 480 g/mol. The number of H-pyrrole nitrogens is 1. The average Bonchev–Trinajstić information content (AvgIpc) is 2.67. The molecule has 0 saturated carbocycles. The number of nitrogens with one attached hydrogen (secondary N) is 3. The maximum absolute atomic E-state index is 13.9. The average molecular weight is 497 g/mol. The summed E-state index contributed by atoms with van der Waals surface area (Å²) in [6.07, 6.45) is 2.93. The van der Waals surface area contributed by atoms with Crippen molar-refractivity contribution in [2.75, 3.05) is 5.32 Å². The molecule has 2 aromatic heterocycles. The van der Waals surface area contributed by atoms with Crippen LogP contribution < -0.4 is 27.7 Å². The van der Waals surface area contributed by atoms with Crippen LogP contribution in [0.15, 0.2) is 64.4 Å². The van der Waals surface area contributed by atoms with Gasteiger partial charge < -0.3 is 14.9 Å². The molecule has 0 aliphatic rings. The summed E-state index contributed by atoms with van der Waals surface area (Å²) in [5, 5.41) is 2.74. The number of benzene rings is 1. The molecule has 0 spiro atoms. The van der Waals surface area contributed by atoms with Gasteiger partial charge in [0, 0.05) is 35.1 Å². The molecule has 3 rings (SSSR count). The van der Waals surface area contributed by atoms with Gasteiger partial charge in [-0.15, -0.1) is 0 Å². The number of nitrogens with zero attached hydrogens (tertiary/aromatic N) is 1. The molecule has 0 saturated heterocycles. The molecule has 0 atom stereocenters. The number of pyridine rings is 2. The molecule has 1 amide bonds. The Labute approximate surface area is 172 Å². The van der Waals surface area contributed by atoms with E-state index in [-0.39, 0.29) is 28.1 Å². The predicted molar refractivity (Wildman–Crippen MR) is 113 cm³/mol. The first-order valence-corrected chi connectivity index (χ1v) is 8.97. The second-order valence-electron chi connectivity index (χ2n) is 5.50. The zero-order valence-electron chi connectivity index (χ0n) is 14.7. The molecule has 146 valence electrons. The minimum atomic E-state index is -0.584. The molecule has 28 heavy (non-hydrogen) atoms. The summed E-state index contributed by atoms with van der Waals surface area (Å²) in [4.78, 5) is 36.1. The number of amides is 1. The van der Waals surface area contributed by atoms with Gasteiger partial charge in [-0.1, -0.05) is 6.07 Å². The van der Waals surface area contributed by atoms with Crippen LogP contribution in [0.5, 0.6) is 0 Å². The van der Waals surface area contributed by atoms with Crippen LogP contribution >= 0.6 is 22.6 Å². The lowest BCUT2D eigenvalue weighted by atomic mass is 10.2. The highest BCUT2D eigenvalue weighted by Crippen LogP contribution is 2.23. The van der Waals surface area contributed by atoms with Crippen LogP contribution in [0.2, 0.25) is 0 Å². The number of carbonyl (C=O) groups excluding carboxylic acids is 1. The molecule has 0 fully saturated rings. The smallest absolute Gasteiger partial charge is 0.268 e. The molecule has 0 aliphatic heterocycles. The number of hydrogen-bond donors (Lipinski definition) is 4. The summed E-state index contributed by atoms with van der Waals surface area (Å²) < 4.78 is 15.8. The fourth-order valence-electron chi connectivity index (χ4n) is 2.10. The van der Waals surface area contributed by atoms with Crippen molar-refractivity contribution >= 4 is 39.9 Å². The maximum Gasteiger partial charge on any atom is 0.268 e. The Kier molecular flexibility index (Phi) is 7.46. The van der Waals surface area contributed by atoms with E-state index in [1.54, 1.807) is 24.4 Å². The topological polar surface area (TPSA) is 122 Å². The van der Waals surface area contributed by atoms with E-state index in [0.29, 0.717) is 0 Å². The predicted octanol–water partition coefficient (Wildman–Crippen LogP) is 1.85. The van der Waals surface area contributed by atoms with E-state index >= 15 is 0 Å². The van der Waals surface area contributed by atoms with Crippen molar-refractivity contribution in [3.63, 3.8) is 0 Å². The van der Waals surface area contributed by atoms with Gasteiger partial charge in [-0.05, 0) is 46.9 Å². The third-order valence-corrected chi connectivity index (χ3v) is 4.16. The number of hydrazine groups is 1. The number of aryl methyl sites for hydroxylation is 1. The molecule has 1 aromatic carbocycles. The van der Waals surface area contributed by atoms with E-state index in [4.69, 9.17) is 5.84 Å². The molecule has 2 heterocycles. The van der Waals surface area contributed by atoms with Gasteiger partial charge >= 0.3 is 0 Å².